The third kappa shape index (κ3) is 4.97. The van der Waals surface area contributed by atoms with Gasteiger partial charge in [-0.1, -0.05) is 0 Å². The number of hydrogen-bond acceptors (Lipinski definition) is 4. The SMILES string of the molecule is O=C(NCCCO)C1CCN(C(=O)CC2CCCN2)CC1. The number of carbonyl (C=O) groups excluding carboxylic acids is 2. The molecule has 2 aliphatic heterocycles. The van der Waals surface area contributed by atoms with Crippen molar-refractivity contribution in [3.8, 4) is 0 Å². The molecule has 0 bridgehead atoms. The van der Waals surface area contributed by atoms with Gasteiger partial charge in [-0.25, -0.2) is 0 Å². The summed E-state index contributed by atoms with van der Waals surface area (Å²) in [4.78, 5) is 26.0. The minimum Gasteiger partial charge on any atom is -0.396 e. The predicted molar refractivity (Wildman–Crippen MR) is 79.7 cm³/mol. The molecule has 0 aliphatic carbocycles. The second-order valence-electron chi connectivity index (χ2n) is 6.02. The van der Waals surface area contributed by atoms with Crippen LogP contribution in [0, 0.1) is 5.92 Å². The van der Waals surface area contributed by atoms with E-state index in [1.807, 2.05) is 4.90 Å². The first-order chi connectivity index (χ1) is 10.2. The highest BCUT2D eigenvalue weighted by atomic mass is 16.3. The standard InChI is InChI=1S/C15H27N3O3/c19-10-2-7-17-15(21)12-4-8-18(9-5-12)14(20)11-13-3-1-6-16-13/h12-13,16,19H,1-11H2,(H,17,21). The van der Waals surface area contributed by atoms with Crippen LogP contribution in [0.15, 0.2) is 0 Å². The molecule has 0 saturated carbocycles. The van der Waals surface area contributed by atoms with Crippen LogP contribution in [0.1, 0.15) is 38.5 Å². The fourth-order valence-electron chi connectivity index (χ4n) is 3.10. The molecule has 0 spiro atoms. The minimum absolute atomic E-state index is 0.0114. The van der Waals surface area contributed by atoms with Crippen LogP contribution in [0.3, 0.4) is 0 Å². The molecule has 1 unspecified atom stereocenters. The Kier molecular flexibility index (Phi) is 6.45. The van der Waals surface area contributed by atoms with Gasteiger partial charge in [-0.3, -0.25) is 9.59 Å². The van der Waals surface area contributed by atoms with E-state index >= 15 is 0 Å². The molecule has 6 nitrogen and oxygen atoms in total. The van der Waals surface area contributed by atoms with Gasteiger partial charge < -0.3 is 20.6 Å². The first-order valence-electron chi connectivity index (χ1n) is 8.10. The van der Waals surface area contributed by atoms with Crippen molar-refractivity contribution in [2.45, 2.75) is 44.6 Å². The van der Waals surface area contributed by atoms with Gasteiger partial charge in [-0.15, -0.1) is 0 Å². The van der Waals surface area contributed by atoms with Crippen molar-refractivity contribution in [2.24, 2.45) is 5.92 Å². The highest BCUT2D eigenvalue weighted by molar-refractivity contribution is 5.80. The number of aliphatic hydroxyl groups is 1. The van der Waals surface area contributed by atoms with E-state index in [0.29, 0.717) is 38.5 Å². The van der Waals surface area contributed by atoms with Gasteiger partial charge in [0, 0.05) is 44.6 Å². The molecule has 120 valence electrons. The van der Waals surface area contributed by atoms with Crippen molar-refractivity contribution >= 4 is 11.8 Å². The lowest BCUT2D eigenvalue weighted by Gasteiger charge is -2.32. The quantitative estimate of drug-likeness (QED) is 0.596. The molecule has 0 aromatic rings. The van der Waals surface area contributed by atoms with E-state index in [2.05, 4.69) is 10.6 Å². The van der Waals surface area contributed by atoms with Gasteiger partial charge in [-0.05, 0) is 38.6 Å². The molecule has 2 rings (SSSR count). The molecule has 0 aromatic heterocycles. The Morgan fingerprint density at radius 3 is 2.62 bits per heavy atom. The number of aliphatic hydroxyl groups excluding tert-OH is 1. The average molecular weight is 297 g/mol. The summed E-state index contributed by atoms with van der Waals surface area (Å²) in [5.74, 6) is 0.291. The summed E-state index contributed by atoms with van der Waals surface area (Å²) in [5.41, 5.74) is 0. The van der Waals surface area contributed by atoms with E-state index in [9.17, 15) is 9.59 Å². The van der Waals surface area contributed by atoms with E-state index in [1.165, 1.54) is 0 Å². The fraction of sp³-hybridized carbons (Fsp3) is 0.867. The highest BCUT2D eigenvalue weighted by Gasteiger charge is 2.28. The number of nitrogens with zero attached hydrogens (tertiary/aromatic N) is 1. The van der Waals surface area contributed by atoms with Gasteiger partial charge in [0.15, 0.2) is 0 Å². The van der Waals surface area contributed by atoms with Crippen molar-refractivity contribution < 1.29 is 14.7 Å². The lowest BCUT2D eigenvalue weighted by Crippen LogP contribution is -2.44. The molecule has 1 atom stereocenters. The molecule has 0 radical (unpaired) electrons. The number of piperidine rings is 1. The van der Waals surface area contributed by atoms with Crippen molar-refractivity contribution in [3.05, 3.63) is 0 Å². The van der Waals surface area contributed by atoms with E-state index in [1.54, 1.807) is 0 Å². The van der Waals surface area contributed by atoms with Gasteiger partial charge >= 0.3 is 0 Å². The van der Waals surface area contributed by atoms with Crippen molar-refractivity contribution in [3.63, 3.8) is 0 Å². The first kappa shape index (κ1) is 16.2. The number of rotatable bonds is 6. The van der Waals surface area contributed by atoms with Gasteiger partial charge in [0.2, 0.25) is 11.8 Å². The van der Waals surface area contributed by atoms with Crippen LogP contribution in [0.4, 0.5) is 0 Å². The van der Waals surface area contributed by atoms with Crippen LogP contribution >= 0.6 is 0 Å². The Morgan fingerprint density at radius 2 is 2.00 bits per heavy atom. The van der Waals surface area contributed by atoms with Gasteiger partial charge in [0.1, 0.15) is 0 Å². The van der Waals surface area contributed by atoms with Gasteiger partial charge in [0.25, 0.3) is 0 Å². The fourth-order valence-corrected chi connectivity index (χ4v) is 3.10. The molecule has 2 saturated heterocycles. The zero-order valence-corrected chi connectivity index (χ0v) is 12.6. The summed E-state index contributed by atoms with van der Waals surface area (Å²) in [7, 11) is 0. The zero-order valence-electron chi connectivity index (χ0n) is 12.6. The summed E-state index contributed by atoms with van der Waals surface area (Å²) in [5, 5.41) is 14.9. The Bertz CT molecular complexity index is 348. The number of nitrogens with one attached hydrogen (secondary N) is 2. The van der Waals surface area contributed by atoms with E-state index in [4.69, 9.17) is 5.11 Å². The minimum atomic E-state index is 0.0114. The van der Waals surface area contributed by atoms with Crippen LogP contribution in [0.25, 0.3) is 0 Å². The molecule has 2 aliphatic rings. The summed E-state index contributed by atoms with van der Waals surface area (Å²) >= 11 is 0. The maximum absolute atomic E-state index is 12.2. The maximum atomic E-state index is 12.2. The largest absolute Gasteiger partial charge is 0.396 e. The molecule has 2 fully saturated rings. The van der Waals surface area contributed by atoms with Crippen molar-refractivity contribution in [1.82, 2.24) is 15.5 Å². The normalized spacial score (nSPS) is 23.3. The smallest absolute Gasteiger partial charge is 0.224 e. The van der Waals surface area contributed by atoms with E-state index in [-0.39, 0.29) is 24.3 Å². The third-order valence-corrected chi connectivity index (χ3v) is 4.44. The van der Waals surface area contributed by atoms with Crippen LogP contribution in [0.5, 0.6) is 0 Å². The summed E-state index contributed by atoms with van der Waals surface area (Å²) in [6.07, 6.45) is 4.93. The first-order valence-corrected chi connectivity index (χ1v) is 8.10. The van der Waals surface area contributed by atoms with Crippen molar-refractivity contribution in [2.75, 3.05) is 32.8 Å². The number of likely N-dealkylation sites (tertiary alicyclic amines) is 1. The predicted octanol–water partition coefficient (Wildman–Crippen LogP) is -0.134. The topological polar surface area (TPSA) is 81.7 Å². The molecular weight excluding hydrogens is 270 g/mol. The summed E-state index contributed by atoms with van der Waals surface area (Å²) < 4.78 is 0. The Morgan fingerprint density at radius 1 is 1.24 bits per heavy atom. The molecule has 21 heavy (non-hydrogen) atoms. The second kappa shape index (κ2) is 8.34. The summed E-state index contributed by atoms with van der Waals surface area (Å²) in [6.45, 7) is 3.02. The maximum Gasteiger partial charge on any atom is 0.224 e. The number of hydrogen-bond donors (Lipinski definition) is 3. The van der Waals surface area contributed by atoms with Crippen LogP contribution in [-0.2, 0) is 9.59 Å². The van der Waals surface area contributed by atoms with Crippen molar-refractivity contribution in [1.29, 1.82) is 0 Å². The zero-order chi connectivity index (χ0) is 15.1. The van der Waals surface area contributed by atoms with E-state index in [0.717, 1.165) is 32.2 Å². The molecule has 0 aromatic carbocycles. The van der Waals surface area contributed by atoms with Crippen LogP contribution in [-0.4, -0.2) is 60.6 Å². The van der Waals surface area contributed by atoms with Crippen LogP contribution < -0.4 is 10.6 Å². The third-order valence-electron chi connectivity index (χ3n) is 4.44. The van der Waals surface area contributed by atoms with Crippen LogP contribution in [0.2, 0.25) is 0 Å². The summed E-state index contributed by atoms with van der Waals surface area (Å²) in [6, 6.07) is 0.344. The van der Waals surface area contributed by atoms with E-state index < -0.39 is 0 Å². The molecule has 3 N–H and O–H groups in total. The lowest BCUT2D eigenvalue weighted by molar-refractivity contribution is -0.136. The molecule has 2 heterocycles. The number of amides is 2. The highest BCUT2D eigenvalue weighted by Crippen LogP contribution is 2.19. The Hall–Kier alpha value is -1.14. The number of carbonyl (C=O) groups is 2. The molecule has 2 amide bonds. The monoisotopic (exact) mass is 297 g/mol. The second-order valence-corrected chi connectivity index (χ2v) is 6.02. The Labute approximate surface area is 126 Å². The lowest BCUT2D eigenvalue weighted by atomic mass is 9.95. The molecule has 6 heteroatoms. The Balaban J connectivity index is 1.67. The molecular formula is C15H27N3O3. The van der Waals surface area contributed by atoms with Gasteiger partial charge in [-0.2, -0.15) is 0 Å². The van der Waals surface area contributed by atoms with Gasteiger partial charge in [0.05, 0.1) is 0 Å². The average Bonchev–Trinajstić information content (AvgIpc) is 3.00.